The van der Waals surface area contributed by atoms with Crippen LogP contribution in [0.5, 0.6) is 11.5 Å². The van der Waals surface area contributed by atoms with Crippen molar-refractivity contribution in [3.63, 3.8) is 0 Å². The van der Waals surface area contributed by atoms with E-state index in [1.165, 1.54) is 40.2 Å². The number of halogens is 6. The molecule has 0 radical (unpaired) electrons. The summed E-state index contributed by atoms with van der Waals surface area (Å²) < 4.78 is 107. The van der Waals surface area contributed by atoms with E-state index in [1.54, 1.807) is 0 Å². The normalized spacial score (nSPS) is 19.3. The highest BCUT2D eigenvalue weighted by Crippen LogP contribution is 2.68. The number of alkyl halides is 6. The lowest BCUT2D eigenvalue weighted by Crippen LogP contribution is -2.49. The molecule has 3 aliphatic rings. The van der Waals surface area contributed by atoms with Gasteiger partial charge in [0.05, 0.1) is 23.6 Å². The summed E-state index contributed by atoms with van der Waals surface area (Å²) in [6.07, 6.45) is 3.64. The van der Waals surface area contributed by atoms with Crippen molar-refractivity contribution in [3.05, 3.63) is 79.6 Å². The molecular weight excluding hydrogens is 670 g/mol. The van der Waals surface area contributed by atoms with Gasteiger partial charge >= 0.3 is 17.8 Å². The molecule has 2 heterocycles. The number of benzene rings is 2. The number of carbonyl (C=O) groups is 4. The zero-order chi connectivity index (χ0) is 34.1. The van der Waals surface area contributed by atoms with Crippen LogP contribution in [0, 0.1) is 13.8 Å². The van der Waals surface area contributed by atoms with Gasteiger partial charge in [-0.05, 0) is 50.3 Å². The fourth-order valence-corrected chi connectivity index (χ4v) is 8.89. The van der Waals surface area contributed by atoms with Gasteiger partial charge in [-0.2, -0.15) is 26.3 Å². The molecule has 4 aromatic rings. The summed E-state index contributed by atoms with van der Waals surface area (Å²) in [6, 6.07) is 2.41. The number of aryl methyl sites for hydroxylation is 2. The number of hydrogen-bond donors (Lipinski definition) is 0. The molecule has 7 rings (SSSR count). The van der Waals surface area contributed by atoms with E-state index in [0.29, 0.717) is 0 Å². The predicted molar refractivity (Wildman–Crippen MR) is 163 cm³/mol. The number of ketones is 4. The Bertz CT molecular complexity index is 2140. The van der Waals surface area contributed by atoms with Gasteiger partial charge in [0.2, 0.25) is 0 Å². The molecule has 0 saturated carbocycles. The smallest absolute Gasteiger partial charge is 0.380 e. The minimum Gasteiger partial charge on any atom is -0.495 e. The fraction of sp³-hybridized carbons (Fsp3) is 0.212. The Morgan fingerprint density at radius 1 is 0.553 bits per heavy atom. The first kappa shape index (κ1) is 31.1. The Labute approximate surface area is 268 Å². The van der Waals surface area contributed by atoms with E-state index in [4.69, 9.17) is 9.47 Å². The number of rotatable bonds is 4. The van der Waals surface area contributed by atoms with Crippen LogP contribution in [0.15, 0.2) is 36.4 Å². The summed E-state index contributed by atoms with van der Waals surface area (Å²) in [5.41, 5.74) is -6.53. The minimum atomic E-state index is -6.00. The molecule has 6 nitrogen and oxygen atoms in total. The Morgan fingerprint density at radius 3 is 1.23 bits per heavy atom. The molecule has 14 heteroatoms. The number of carbonyl (C=O) groups excluding carboxylic acids is 4. The second-order valence-corrected chi connectivity index (χ2v) is 13.5. The van der Waals surface area contributed by atoms with Gasteiger partial charge in [-0.1, -0.05) is 0 Å². The SMILES string of the molecule is COc1cc2c(c3c(C4=C(c5c(C)sc6c(OC)cc7c(c56)C(=O)C=CC7=O)C(F)(F)C(F)(F)C4(F)F)c(C)sc13)C(=O)C=CC2=O. The van der Waals surface area contributed by atoms with Gasteiger partial charge in [0, 0.05) is 65.1 Å². The average molecular weight is 689 g/mol. The third kappa shape index (κ3) is 3.73. The van der Waals surface area contributed by atoms with Crippen LogP contribution in [0.3, 0.4) is 0 Å². The number of thiophene rings is 2. The van der Waals surface area contributed by atoms with Crippen LogP contribution in [0.4, 0.5) is 26.3 Å². The Kier molecular flexibility index (Phi) is 6.43. The number of fused-ring (bicyclic) bond motifs is 6. The van der Waals surface area contributed by atoms with Gasteiger partial charge in [0.25, 0.3) is 0 Å². The molecule has 0 aliphatic heterocycles. The van der Waals surface area contributed by atoms with Gasteiger partial charge in [-0.25, -0.2) is 0 Å². The highest BCUT2D eigenvalue weighted by molar-refractivity contribution is 7.20. The quantitative estimate of drug-likeness (QED) is 0.200. The molecule has 0 fully saturated rings. The van der Waals surface area contributed by atoms with Gasteiger partial charge in [-0.3, -0.25) is 19.2 Å². The Hall–Kier alpha value is -4.56. The number of ether oxygens (including phenoxy) is 2. The van der Waals surface area contributed by atoms with E-state index in [1.807, 2.05) is 0 Å². The van der Waals surface area contributed by atoms with Crippen LogP contribution in [-0.4, -0.2) is 55.1 Å². The van der Waals surface area contributed by atoms with Crippen molar-refractivity contribution in [3.8, 4) is 11.5 Å². The summed E-state index contributed by atoms with van der Waals surface area (Å²) in [5, 5.41) is -0.840. The Balaban J connectivity index is 1.74. The highest BCUT2D eigenvalue weighted by Gasteiger charge is 2.80. The first-order chi connectivity index (χ1) is 22.0. The van der Waals surface area contributed by atoms with Gasteiger partial charge in [0.15, 0.2) is 23.1 Å². The van der Waals surface area contributed by atoms with E-state index in [0.717, 1.165) is 47.0 Å². The lowest BCUT2D eigenvalue weighted by Gasteiger charge is -2.26. The second-order valence-electron chi connectivity index (χ2n) is 11.1. The van der Waals surface area contributed by atoms with Crippen LogP contribution < -0.4 is 9.47 Å². The molecule has 47 heavy (non-hydrogen) atoms. The lowest BCUT2D eigenvalue weighted by molar-refractivity contribution is -0.254. The lowest BCUT2D eigenvalue weighted by atomic mass is 9.84. The molecule has 0 unspecified atom stereocenters. The maximum atomic E-state index is 16.3. The maximum Gasteiger partial charge on any atom is 0.380 e. The second kappa shape index (κ2) is 9.73. The number of hydrogen-bond acceptors (Lipinski definition) is 8. The number of methoxy groups -OCH3 is 2. The summed E-state index contributed by atoms with van der Waals surface area (Å²) in [5.74, 6) is -20.3. The molecule has 0 saturated heterocycles. The van der Waals surface area contributed by atoms with E-state index in [9.17, 15) is 19.2 Å². The van der Waals surface area contributed by atoms with Gasteiger partial charge in [-0.15, -0.1) is 22.7 Å². The fourth-order valence-electron chi connectivity index (χ4n) is 6.56. The van der Waals surface area contributed by atoms with Crippen molar-refractivity contribution in [1.29, 1.82) is 0 Å². The van der Waals surface area contributed by atoms with Crippen LogP contribution in [0.2, 0.25) is 0 Å². The molecule has 0 spiro atoms. The monoisotopic (exact) mass is 688 g/mol. The molecule has 3 aliphatic carbocycles. The third-order valence-electron chi connectivity index (χ3n) is 8.61. The van der Waals surface area contributed by atoms with Crippen molar-refractivity contribution in [2.45, 2.75) is 31.6 Å². The summed E-state index contributed by atoms with van der Waals surface area (Å²) in [4.78, 5) is 51.8. The van der Waals surface area contributed by atoms with Crippen LogP contribution in [0.1, 0.15) is 62.3 Å². The van der Waals surface area contributed by atoms with Crippen LogP contribution >= 0.6 is 22.7 Å². The molecule has 2 aromatic carbocycles. The summed E-state index contributed by atoms with van der Waals surface area (Å²) in [6.45, 7) is 2.48. The molecule has 0 atom stereocenters. The zero-order valence-electron chi connectivity index (χ0n) is 24.5. The van der Waals surface area contributed by atoms with Gasteiger partial charge in [0.1, 0.15) is 11.5 Å². The number of allylic oxidation sites excluding steroid dienone is 6. The minimum absolute atomic E-state index is 0.00626. The molecule has 0 amide bonds. The molecule has 240 valence electrons. The largest absolute Gasteiger partial charge is 0.495 e. The molecule has 0 N–H and O–H groups in total. The predicted octanol–water partition coefficient (Wildman–Crippen LogP) is 8.45. The van der Waals surface area contributed by atoms with E-state index >= 15 is 26.3 Å². The van der Waals surface area contributed by atoms with E-state index in [-0.39, 0.29) is 41.8 Å². The summed E-state index contributed by atoms with van der Waals surface area (Å²) >= 11 is 1.47. The first-order valence-corrected chi connectivity index (χ1v) is 15.4. The van der Waals surface area contributed by atoms with Crippen LogP contribution in [0.25, 0.3) is 31.3 Å². The van der Waals surface area contributed by atoms with Crippen molar-refractivity contribution >= 4 is 77.1 Å². The molecule has 2 aromatic heterocycles. The van der Waals surface area contributed by atoms with E-state index in [2.05, 4.69) is 0 Å². The standard InChI is InChI=1S/C33H18F6O6S2/c1-11-21(25-23-13(15(40)5-7-17(23)42)9-19(44-3)29(25)46-11)27-28(32(36,37)33(38,39)31(27,34)35)22-12(2)47-30-20(45-4)10-14-16(41)6-8-18(43)24(14)26(22)30/h5-10H,1-4H3. The van der Waals surface area contributed by atoms with Crippen molar-refractivity contribution < 1.29 is 55.0 Å². The van der Waals surface area contributed by atoms with E-state index < -0.39 is 85.1 Å². The highest BCUT2D eigenvalue weighted by atomic mass is 32.1. The molecule has 0 bridgehead atoms. The van der Waals surface area contributed by atoms with Gasteiger partial charge < -0.3 is 9.47 Å². The maximum absolute atomic E-state index is 16.3. The van der Waals surface area contributed by atoms with Crippen molar-refractivity contribution in [2.24, 2.45) is 0 Å². The topological polar surface area (TPSA) is 86.7 Å². The average Bonchev–Trinajstić information content (AvgIpc) is 3.56. The third-order valence-corrected chi connectivity index (χ3v) is 10.8. The Morgan fingerprint density at radius 2 is 0.894 bits per heavy atom. The first-order valence-electron chi connectivity index (χ1n) is 13.7. The van der Waals surface area contributed by atoms with Crippen LogP contribution in [-0.2, 0) is 0 Å². The zero-order valence-corrected chi connectivity index (χ0v) is 26.1. The van der Waals surface area contributed by atoms with Crippen molar-refractivity contribution in [2.75, 3.05) is 14.2 Å². The molecular formula is C33H18F6O6S2. The summed E-state index contributed by atoms with van der Waals surface area (Å²) in [7, 11) is 2.39. The van der Waals surface area contributed by atoms with Crippen molar-refractivity contribution in [1.82, 2.24) is 0 Å².